The Morgan fingerprint density at radius 1 is 1.44 bits per heavy atom. The summed E-state index contributed by atoms with van der Waals surface area (Å²) >= 11 is 2.75. The molecule has 0 saturated carbocycles. The molecule has 9 heteroatoms. The van der Waals surface area contributed by atoms with Crippen molar-refractivity contribution < 1.29 is 19.0 Å². The molecule has 0 spiro atoms. The first-order chi connectivity index (χ1) is 12.9. The van der Waals surface area contributed by atoms with E-state index in [1.54, 1.807) is 6.07 Å². The quantitative estimate of drug-likeness (QED) is 0.672. The average molecular weight is 403 g/mol. The molecular weight excluding hydrogens is 389 g/mol. The number of rotatable bonds is 4. The highest BCUT2D eigenvalue weighted by molar-refractivity contribution is 7.17. The van der Waals surface area contributed by atoms with Crippen LogP contribution in [0.2, 0.25) is 0 Å². The molecular formula is C18H14FN3O3S2. The minimum atomic E-state index is -0.568. The molecule has 138 valence electrons. The van der Waals surface area contributed by atoms with Gasteiger partial charge in [-0.2, -0.15) is 5.26 Å². The molecule has 3 aromatic rings. The van der Waals surface area contributed by atoms with Gasteiger partial charge >= 0.3 is 6.09 Å². The number of alkyl carbamates (subject to hydrolysis) is 1. The van der Waals surface area contributed by atoms with Crippen LogP contribution < -0.4 is 5.32 Å². The van der Waals surface area contributed by atoms with Gasteiger partial charge in [-0.25, -0.2) is 14.2 Å². The van der Waals surface area contributed by atoms with E-state index in [0.29, 0.717) is 4.88 Å². The van der Waals surface area contributed by atoms with Crippen LogP contribution in [0.15, 0.2) is 23.6 Å². The summed E-state index contributed by atoms with van der Waals surface area (Å²) in [5.74, 6) is -0.823. The number of thiophene rings is 1. The summed E-state index contributed by atoms with van der Waals surface area (Å²) in [5, 5.41) is 23.9. The molecule has 2 heterocycles. The monoisotopic (exact) mass is 403 g/mol. The number of carbonyl (C=O) groups is 1. The summed E-state index contributed by atoms with van der Waals surface area (Å²) in [6.07, 6.45) is -0.529. The van der Waals surface area contributed by atoms with Gasteiger partial charge in [0.15, 0.2) is 0 Å². The number of phenolic OH excluding ortho intramolecular Hbond substituents is 1. The number of phenols is 1. The van der Waals surface area contributed by atoms with Crippen molar-refractivity contribution in [2.24, 2.45) is 0 Å². The van der Waals surface area contributed by atoms with E-state index < -0.39 is 11.9 Å². The maximum atomic E-state index is 14.3. The number of halogens is 1. The van der Waals surface area contributed by atoms with E-state index in [-0.39, 0.29) is 23.4 Å². The van der Waals surface area contributed by atoms with Gasteiger partial charge < -0.3 is 15.2 Å². The van der Waals surface area contributed by atoms with Crippen LogP contribution in [0.1, 0.15) is 16.3 Å². The number of thiazole rings is 1. The summed E-state index contributed by atoms with van der Waals surface area (Å²) < 4.78 is 18.8. The van der Waals surface area contributed by atoms with Crippen LogP contribution in [-0.2, 0) is 11.3 Å². The number of ether oxygens (including phenoxy) is 1. The topological polar surface area (TPSA) is 95.2 Å². The third-order valence-corrected chi connectivity index (χ3v) is 5.91. The molecule has 0 aliphatic rings. The number of hydrogen-bond acceptors (Lipinski definition) is 7. The van der Waals surface area contributed by atoms with Gasteiger partial charge in [-0.05, 0) is 25.1 Å². The number of hydrogen-bond donors (Lipinski definition) is 2. The molecule has 27 heavy (non-hydrogen) atoms. The van der Waals surface area contributed by atoms with Crippen LogP contribution >= 0.6 is 22.7 Å². The Morgan fingerprint density at radius 3 is 2.93 bits per heavy atom. The number of methoxy groups -OCH3 is 1. The normalized spacial score (nSPS) is 10.4. The van der Waals surface area contributed by atoms with Crippen LogP contribution in [-0.4, -0.2) is 23.3 Å². The van der Waals surface area contributed by atoms with E-state index in [1.807, 2.05) is 18.4 Å². The lowest BCUT2D eigenvalue weighted by Crippen LogP contribution is -2.22. The molecule has 0 aliphatic carbocycles. The zero-order valence-electron chi connectivity index (χ0n) is 14.4. The number of benzene rings is 1. The maximum Gasteiger partial charge on any atom is 0.407 e. The molecule has 3 rings (SSSR count). The average Bonchev–Trinajstić information content (AvgIpc) is 3.27. The highest BCUT2D eigenvalue weighted by Gasteiger charge is 2.16. The standard InChI is InChI=1S/C18H14FN3O3S2/c1-9-17(27-16(22-9)7-21-18(24)25-2)11-4-15(26-8-11)12-5-14(23)10(6-20)3-13(12)19/h3-5,8,23H,7H2,1-2H3,(H,21,24). The first-order valence-electron chi connectivity index (χ1n) is 7.73. The maximum absolute atomic E-state index is 14.3. The second-order valence-electron chi connectivity index (χ2n) is 5.53. The predicted molar refractivity (Wildman–Crippen MR) is 101 cm³/mol. The van der Waals surface area contributed by atoms with E-state index in [4.69, 9.17) is 5.26 Å². The number of carbonyl (C=O) groups excluding carboxylic acids is 1. The van der Waals surface area contributed by atoms with Crippen LogP contribution in [0.5, 0.6) is 5.75 Å². The van der Waals surface area contributed by atoms with E-state index in [1.165, 1.54) is 35.8 Å². The molecule has 0 atom stereocenters. The van der Waals surface area contributed by atoms with Gasteiger partial charge in [-0.1, -0.05) is 0 Å². The van der Waals surface area contributed by atoms with Crippen molar-refractivity contribution in [1.82, 2.24) is 10.3 Å². The Balaban J connectivity index is 1.89. The van der Waals surface area contributed by atoms with Crippen LogP contribution in [0.4, 0.5) is 9.18 Å². The minimum absolute atomic E-state index is 0.103. The van der Waals surface area contributed by atoms with Gasteiger partial charge in [0.1, 0.15) is 22.6 Å². The molecule has 0 aliphatic heterocycles. The fourth-order valence-corrected chi connectivity index (χ4v) is 4.44. The zero-order valence-corrected chi connectivity index (χ0v) is 16.0. The van der Waals surface area contributed by atoms with Crippen molar-refractivity contribution in [3.05, 3.63) is 45.7 Å². The zero-order chi connectivity index (χ0) is 19.6. The summed E-state index contributed by atoms with van der Waals surface area (Å²) in [4.78, 5) is 17.2. The van der Waals surface area contributed by atoms with Gasteiger partial charge in [0.2, 0.25) is 0 Å². The molecule has 1 amide bonds. The smallest absolute Gasteiger partial charge is 0.407 e. The number of amides is 1. The second-order valence-corrected chi connectivity index (χ2v) is 7.52. The molecule has 6 nitrogen and oxygen atoms in total. The molecule has 0 unspecified atom stereocenters. The van der Waals surface area contributed by atoms with Crippen LogP contribution in [0, 0.1) is 24.1 Å². The van der Waals surface area contributed by atoms with Crippen molar-refractivity contribution in [3.8, 4) is 32.7 Å². The van der Waals surface area contributed by atoms with Crippen molar-refractivity contribution in [2.75, 3.05) is 7.11 Å². The van der Waals surface area contributed by atoms with Gasteiger partial charge in [-0.3, -0.25) is 0 Å². The number of aromatic nitrogens is 1. The second kappa shape index (κ2) is 7.73. The number of nitrogens with one attached hydrogen (secondary N) is 1. The number of nitrogens with zero attached hydrogens (tertiary/aromatic N) is 2. The van der Waals surface area contributed by atoms with Gasteiger partial charge in [0.25, 0.3) is 0 Å². The Morgan fingerprint density at radius 2 is 2.22 bits per heavy atom. The SMILES string of the molecule is COC(=O)NCc1nc(C)c(-c2csc(-c3cc(O)c(C#N)cc3F)c2)s1. The van der Waals surface area contributed by atoms with E-state index in [9.17, 15) is 14.3 Å². The number of aromatic hydroxyl groups is 1. The molecule has 2 aromatic heterocycles. The van der Waals surface area contributed by atoms with Crippen LogP contribution in [0.3, 0.4) is 0 Å². The van der Waals surface area contributed by atoms with Gasteiger partial charge in [-0.15, -0.1) is 22.7 Å². The van der Waals surface area contributed by atoms with E-state index in [0.717, 1.165) is 27.2 Å². The molecule has 0 bridgehead atoms. The Labute approximate surface area is 162 Å². The Kier molecular flexibility index (Phi) is 5.39. The summed E-state index contributed by atoms with van der Waals surface area (Å²) in [7, 11) is 1.29. The highest BCUT2D eigenvalue weighted by Crippen LogP contribution is 2.39. The molecule has 0 fully saturated rings. The van der Waals surface area contributed by atoms with Crippen molar-refractivity contribution in [3.63, 3.8) is 0 Å². The van der Waals surface area contributed by atoms with E-state index in [2.05, 4.69) is 15.0 Å². The molecule has 2 N–H and O–H groups in total. The molecule has 1 aromatic carbocycles. The Bertz CT molecular complexity index is 1050. The molecule has 0 radical (unpaired) electrons. The predicted octanol–water partition coefficient (Wildman–Crippen LogP) is 4.42. The van der Waals surface area contributed by atoms with Crippen molar-refractivity contribution in [1.29, 1.82) is 5.26 Å². The van der Waals surface area contributed by atoms with Gasteiger partial charge in [0.05, 0.1) is 29.8 Å². The van der Waals surface area contributed by atoms with Crippen molar-refractivity contribution in [2.45, 2.75) is 13.5 Å². The summed E-state index contributed by atoms with van der Waals surface area (Å²) in [5.41, 5.74) is 1.80. The summed E-state index contributed by atoms with van der Waals surface area (Å²) in [6, 6.07) is 5.85. The number of aryl methyl sites for hydroxylation is 1. The van der Waals surface area contributed by atoms with Crippen LogP contribution in [0.25, 0.3) is 20.9 Å². The number of nitriles is 1. The van der Waals surface area contributed by atoms with Crippen molar-refractivity contribution >= 4 is 28.8 Å². The first-order valence-corrected chi connectivity index (χ1v) is 9.42. The van der Waals surface area contributed by atoms with Gasteiger partial charge in [0, 0.05) is 21.4 Å². The minimum Gasteiger partial charge on any atom is -0.507 e. The lowest BCUT2D eigenvalue weighted by atomic mass is 10.1. The third kappa shape index (κ3) is 3.92. The highest BCUT2D eigenvalue weighted by atomic mass is 32.1. The first kappa shape index (κ1) is 18.8. The lowest BCUT2D eigenvalue weighted by Gasteiger charge is -2.03. The third-order valence-electron chi connectivity index (χ3n) is 3.74. The lowest BCUT2D eigenvalue weighted by molar-refractivity contribution is 0.170. The molecule has 0 saturated heterocycles. The fraction of sp³-hybridized carbons (Fsp3) is 0.167. The fourth-order valence-electron chi connectivity index (χ4n) is 2.45. The largest absolute Gasteiger partial charge is 0.507 e. The summed E-state index contributed by atoms with van der Waals surface area (Å²) in [6.45, 7) is 2.12. The Hall–Kier alpha value is -2.96. The van der Waals surface area contributed by atoms with E-state index >= 15 is 0 Å².